The lowest BCUT2D eigenvalue weighted by atomic mass is 9.86. The molecule has 2 fully saturated rings. The summed E-state index contributed by atoms with van der Waals surface area (Å²) < 4.78 is 1.89. The topological polar surface area (TPSA) is 53.4 Å². The second-order valence-corrected chi connectivity index (χ2v) is 7.19. The van der Waals surface area contributed by atoms with Crippen LogP contribution in [0.5, 0.6) is 0 Å². The van der Waals surface area contributed by atoms with E-state index >= 15 is 0 Å². The van der Waals surface area contributed by atoms with Gasteiger partial charge in [-0.3, -0.25) is 9.48 Å². The Bertz CT molecular complexity index is 519. The van der Waals surface area contributed by atoms with Crippen molar-refractivity contribution in [3.05, 3.63) is 18.5 Å². The number of carbonyl (C=O) groups is 1. The van der Waals surface area contributed by atoms with Gasteiger partial charge < -0.3 is 15.1 Å². The zero-order valence-corrected chi connectivity index (χ0v) is 16.8. The Balaban J connectivity index is 0.00000156. The zero-order chi connectivity index (χ0) is 16.3. The van der Waals surface area contributed by atoms with Gasteiger partial charge in [0.15, 0.2) is 0 Å². The molecule has 2 saturated heterocycles. The molecule has 1 atom stereocenters. The van der Waals surface area contributed by atoms with Gasteiger partial charge in [-0.05, 0) is 64.3 Å². The van der Waals surface area contributed by atoms with Gasteiger partial charge in [-0.25, -0.2) is 0 Å². The number of amides is 1. The molecule has 1 N–H and O–H groups in total. The standard InChI is InChI=1S/C17H29N5O.2ClH/c1-20-11-3-5-15(13-20)14-21(2)16(23)17(6-9-18-10-7-17)22-12-4-8-19-22;;/h4,8,12,15,18H,3,5-7,9-11,13-14H2,1-2H3;2*1H. The molecular formula is C17H31Cl2N5O. The highest BCUT2D eigenvalue weighted by atomic mass is 35.5. The number of rotatable bonds is 4. The maximum atomic E-state index is 13.3. The van der Waals surface area contributed by atoms with E-state index in [0.29, 0.717) is 5.92 Å². The number of likely N-dealkylation sites (tertiary alicyclic amines) is 1. The maximum Gasteiger partial charge on any atom is 0.250 e. The van der Waals surface area contributed by atoms with Crippen molar-refractivity contribution in [2.24, 2.45) is 5.92 Å². The van der Waals surface area contributed by atoms with Crippen LogP contribution in [0.25, 0.3) is 0 Å². The minimum absolute atomic E-state index is 0. The van der Waals surface area contributed by atoms with Crippen LogP contribution < -0.4 is 5.32 Å². The van der Waals surface area contributed by atoms with Crippen molar-refractivity contribution in [1.82, 2.24) is 24.9 Å². The predicted octanol–water partition coefficient (Wildman–Crippen LogP) is 1.61. The van der Waals surface area contributed by atoms with Gasteiger partial charge in [0.25, 0.3) is 0 Å². The molecule has 1 aromatic heterocycles. The van der Waals surface area contributed by atoms with Crippen molar-refractivity contribution in [2.75, 3.05) is 46.8 Å². The van der Waals surface area contributed by atoms with Crippen LogP contribution >= 0.6 is 24.8 Å². The highest BCUT2D eigenvalue weighted by Crippen LogP contribution is 2.29. The van der Waals surface area contributed by atoms with Crippen molar-refractivity contribution in [2.45, 2.75) is 31.2 Å². The highest BCUT2D eigenvalue weighted by Gasteiger charge is 2.43. The van der Waals surface area contributed by atoms with E-state index in [0.717, 1.165) is 39.0 Å². The minimum Gasteiger partial charge on any atom is -0.343 e. The molecule has 6 nitrogen and oxygen atoms in total. The number of hydrogen-bond donors (Lipinski definition) is 1. The van der Waals surface area contributed by atoms with Crippen LogP contribution in [0, 0.1) is 5.92 Å². The molecule has 0 bridgehead atoms. The van der Waals surface area contributed by atoms with Crippen LogP contribution in [0.15, 0.2) is 18.5 Å². The molecule has 2 aliphatic heterocycles. The molecule has 1 amide bonds. The first-order chi connectivity index (χ1) is 11.1. The normalized spacial score (nSPS) is 23.2. The Morgan fingerprint density at radius 3 is 2.68 bits per heavy atom. The number of nitrogens with one attached hydrogen (secondary N) is 1. The van der Waals surface area contributed by atoms with E-state index in [1.54, 1.807) is 6.20 Å². The molecule has 25 heavy (non-hydrogen) atoms. The van der Waals surface area contributed by atoms with Gasteiger partial charge in [-0.15, -0.1) is 24.8 Å². The second kappa shape index (κ2) is 9.76. The molecule has 144 valence electrons. The summed E-state index contributed by atoms with van der Waals surface area (Å²) in [6.07, 6.45) is 7.78. The van der Waals surface area contributed by atoms with Crippen molar-refractivity contribution in [1.29, 1.82) is 0 Å². The lowest BCUT2D eigenvalue weighted by Gasteiger charge is -2.40. The smallest absolute Gasteiger partial charge is 0.250 e. The molecule has 0 saturated carbocycles. The van der Waals surface area contributed by atoms with Crippen LogP contribution in [-0.2, 0) is 10.3 Å². The van der Waals surface area contributed by atoms with Crippen molar-refractivity contribution >= 4 is 30.7 Å². The predicted molar refractivity (Wildman–Crippen MR) is 105 cm³/mol. The summed E-state index contributed by atoms with van der Waals surface area (Å²) in [4.78, 5) is 17.6. The van der Waals surface area contributed by atoms with Gasteiger partial charge in [-0.1, -0.05) is 0 Å². The summed E-state index contributed by atoms with van der Waals surface area (Å²) in [5.74, 6) is 0.801. The Morgan fingerprint density at radius 2 is 2.08 bits per heavy atom. The van der Waals surface area contributed by atoms with Crippen LogP contribution in [0.2, 0.25) is 0 Å². The van der Waals surface area contributed by atoms with Gasteiger partial charge in [0.1, 0.15) is 5.54 Å². The molecule has 1 aromatic rings. The molecule has 0 spiro atoms. The maximum absolute atomic E-state index is 13.3. The number of nitrogens with zero attached hydrogens (tertiary/aromatic N) is 4. The number of carbonyl (C=O) groups excluding carboxylic acids is 1. The molecule has 0 radical (unpaired) electrons. The molecular weight excluding hydrogens is 361 g/mol. The third kappa shape index (κ3) is 4.88. The molecule has 1 unspecified atom stereocenters. The average molecular weight is 392 g/mol. The summed E-state index contributed by atoms with van der Waals surface area (Å²) in [6, 6.07) is 1.91. The quantitative estimate of drug-likeness (QED) is 0.846. The fourth-order valence-corrected chi connectivity index (χ4v) is 4.15. The van der Waals surface area contributed by atoms with E-state index < -0.39 is 5.54 Å². The van der Waals surface area contributed by atoms with E-state index in [-0.39, 0.29) is 30.7 Å². The van der Waals surface area contributed by atoms with Crippen LogP contribution in [0.3, 0.4) is 0 Å². The number of aromatic nitrogens is 2. The van der Waals surface area contributed by atoms with Crippen LogP contribution in [0.1, 0.15) is 25.7 Å². The fraction of sp³-hybridized carbons (Fsp3) is 0.765. The van der Waals surface area contributed by atoms with Gasteiger partial charge >= 0.3 is 0 Å². The molecule has 0 aromatic carbocycles. The summed E-state index contributed by atoms with van der Waals surface area (Å²) in [5.41, 5.74) is -0.510. The van der Waals surface area contributed by atoms with Crippen LogP contribution in [0.4, 0.5) is 0 Å². The number of piperidine rings is 2. The van der Waals surface area contributed by atoms with Crippen molar-refractivity contribution in [3.63, 3.8) is 0 Å². The van der Waals surface area contributed by atoms with Crippen molar-refractivity contribution < 1.29 is 4.79 Å². The van der Waals surface area contributed by atoms with E-state index in [4.69, 9.17) is 0 Å². The monoisotopic (exact) mass is 391 g/mol. The Labute approximate surface area is 163 Å². The lowest BCUT2D eigenvalue weighted by molar-refractivity contribution is -0.142. The number of hydrogen-bond acceptors (Lipinski definition) is 4. The van der Waals surface area contributed by atoms with E-state index in [9.17, 15) is 4.79 Å². The number of likely N-dealkylation sites (N-methyl/N-ethyl adjacent to an activating group) is 1. The first-order valence-corrected chi connectivity index (χ1v) is 8.77. The zero-order valence-electron chi connectivity index (χ0n) is 15.2. The molecule has 3 heterocycles. The first-order valence-electron chi connectivity index (χ1n) is 8.77. The molecule has 0 aliphatic carbocycles. The third-order valence-corrected chi connectivity index (χ3v) is 5.37. The molecule has 8 heteroatoms. The van der Waals surface area contributed by atoms with Gasteiger partial charge in [0.05, 0.1) is 0 Å². The van der Waals surface area contributed by atoms with E-state index in [1.807, 2.05) is 28.9 Å². The van der Waals surface area contributed by atoms with Gasteiger partial charge in [0, 0.05) is 32.5 Å². The highest BCUT2D eigenvalue weighted by molar-refractivity contribution is 5.85. The fourth-order valence-electron chi connectivity index (χ4n) is 4.15. The average Bonchev–Trinajstić information content (AvgIpc) is 3.10. The summed E-state index contributed by atoms with van der Waals surface area (Å²) >= 11 is 0. The van der Waals surface area contributed by atoms with E-state index in [1.165, 1.54) is 19.4 Å². The Hall–Kier alpha value is -0.820. The summed E-state index contributed by atoms with van der Waals surface area (Å²) in [6.45, 7) is 4.85. The largest absolute Gasteiger partial charge is 0.343 e. The molecule has 2 aliphatic rings. The van der Waals surface area contributed by atoms with Gasteiger partial charge in [-0.2, -0.15) is 5.10 Å². The lowest BCUT2D eigenvalue weighted by Crippen LogP contribution is -2.56. The molecule has 3 rings (SSSR count). The van der Waals surface area contributed by atoms with E-state index in [2.05, 4.69) is 22.4 Å². The summed E-state index contributed by atoms with van der Waals surface area (Å²) in [5, 5.41) is 7.77. The van der Waals surface area contributed by atoms with Crippen molar-refractivity contribution in [3.8, 4) is 0 Å². The van der Waals surface area contributed by atoms with Gasteiger partial charge in [0.2, 0.25) is 5.91 Å². The summed E-state index contributed by atoms with van der Waals surface area (Å²) in [7, 11) is 4.14. The third-order valence-electron chi connectivity index (χ3n) is 5.37. The Morgan fingerprint density at radius 1 is 1.36 bits per heavy atom. The first kappa shape index (κ1) is 22.2. The second-order valence-electron chi connectivity index (χ2n) is 7.19. The SMILES string of the molecule is CN1CCCC(CN(C)C(=O)C2(n3cccn3)CCNCC2)C1.Cl.Cl. The number of halogens is 2. The minimum atomic E-state index is -0.510. The Kier molecular flexibility index (Phi) is 8.68. The van der Waals surface area contributed by atoms with Crippen LogP contribution in [-0.4, -0.2) is 72.3 Å².